The Morgan fingerprint density at radius 3 is 2.94 bits per heavy atom. The van der Waals surface area contributed by atoms with Crippen molar-refractivity contribution in [1.29, 1.82) is 0 Å². The summed E-state index contributed by atoms with van der Waals surface area (Å²) in [6, 6.07) is 0.0144. The van der Waals surface area contributed by atoms with Crippen LogP contribution in [0.4, 0.5) is 0 Å². The van der Waals surface area contributed by atoms with Gasteiger partial charge in [0, 0.05) is 13.1 Å². The van der Waals surface area contributed by atoms with Gasteiger partial charge >= 0.3 is 0 Å². The van der Waals surface area contributed by atoms with Crippen LogP contribution in [-0.2, 0) is 4.79 Å². The molecule has 2 rings (SSSR count). The van der Waals surface area contributed by atoms with Crippen LogP contribution in [0.1, 0.15) is 32.6 Å². The molecule has 2 aliphatic rings. The van der Waals surface area contributed by atoms with Crippen molar-refractivity contribution >= 4 is 5.91 Å². The molecule has 1 heterocycles. The molecule has 2 fully saturated rings. The topological polar surface area (TPSA) is 52.6 Å². The minimum absolute atomic E-state index is 0.0144. The van der Waals surface area contributed by atoms with Crippen molar-refractivity contribution in [3.63, 3.8) is 0 Å². The van der Waals surface area contributed by atoms with E-state index in [1.807, 2.05) is 4.90 Å². The summed E-state index contributed by atoms with van der Waals surface area (Å²) in [5, 5.41) is 12.4. The van der Waals surface area contributed by atoms with Gasteiger partial charge in [-0.15, -0.1) is 0 Å². The highest BCUT2D eigenvalue weighted by Crippen LogP contribution is 2.38. The number of aliphatic hydroxyl groups excluding tert-OH is 1. The Morgan fingerprint density at radius 1 is 1.41 bits per heavy atom. The summed E-state index contributed by atoms with van der Waals surface area (Å²) < 4.78 is 0. The van der Waals surface area contributed by atoms with E-state index in [9.17, 15) is 4.79 Å². The molecule has 0 aromatic carbocycles. The first-order valence-electron chi connectivity index (χ1n) is 6.91. The normalized spacial score (nSPS) is 31.5. The SMILES string of the molecule is CCCN(CCO)C(=O)C1NCC2CCCC21. The molecule has 1 amide bonds. The van der Waals surface area contributed by atoms with Crippen molar-refractivity contribution in [2.45, 2.75) is 38.6 Å². The Balaban J connectivity index is 1.97. The van der Waals surface area contributed by atoms with Crippen molar-refractivity contribution in [3.05, 3.63) is 0 Å². The lowest BCUT2D eigenvalue weighted by Gasteiger charge is -2.27. The predicted octanol–water partition coefficient (Wildman–Crippen LogP) is 0.605. The monoisotopic (exact) mass is 240 g/mol. The summed E-state index contributed by atoms with van der Waals surface area (Å²) in [5.41, 5.74) is 0. The first-order chi connectivity index (χ1) is 8.27. The first kappa shape index (κ1) is 12.8. The fourth-order valence-electron chi connectivity index (χ4n) is 3.38. The molecule has 0 spiro atoms. The van der Waals surface area contributed by atoms with E-state index in [-0.39, 0.29) is 18.6 Å². The van der Waals surface area contributed by atoms with E-state index >= 15 is 0 Å². The van der Waals surface area contributed by atoms with Crippen LogP contribution in [0.25, 0.3) is 0 Å². The fraction of sp³-hybridized carbons (Fsp3) is 0.923. The zero-order valence-electron chi connectivity index (χ0n) is 10.7. The molecule has 0 aromatic rings. The largest absolute Gasteiger partial charge is 0.395 e. The second kappa shape index (κ2) is 5.83. The van der Waals surface area contributed by atoms with Crippen molar-refractivity contribution in [2.24, 2.45) is 11.8 Å². The standard InChI is InChI=1S/C13H24N2O2/c1-2-6-15(7-8-16)13(17)12-11-5-3-4-10(11)9-14-12/h10-12,14,16H,2-9H2,1H3. The Kier molecular flexibility index (Phi) is 4.40. The third-order valence-electron chi connectivity index (χ3n) is 4.19. The summed E-state index contributed by atoms with van der Waals surface area (Å²) in [6.45, 7) is 4.36. The first-order valence-corrected chi connectivity index (χ1v) is 6.91. The van der Waals surface area contributed by atoms with Crippen molar-refractivity contribution in [1.82, 2.24) is 10.2 Å². The van der Waals surface area contributed by atoms with Crippen molar-refractivity contribution in [3.8, 4) is 0 Å². The van der Waals surface area contributed by atoms with E-state index in [0.717, 1.165) is 19.5 Å². The number of carbonyl (C=O) groups excluding carboxylic acids is 1. The average Bonchev–Trinajstić information content (AvgIpc) is 2.89. The van der Waals surface area contributed by atoms with Crippen LogP contribution in [-0.4, -0.2) is 48.2 Å². The molecule has 2 N–H and O–H groups in total. The van der Waals surface area contributed by atoms with Crippen LogP contribution in [0, 0.1) is 11.8 Å². The van der Waals surface area contributed by atoms with Crippen molar-refractivity contribution < 1.29 is 9.90 Å². The molecule has 0 bridgehead atoms. The van der Waals surface area contributed by atoms with Gasteiger partial charge in [-0.3, -0.25) is 4.79 Å². The summed E-state index contributed by atoms with van der Waals surface area (Å²) in [5.74, 6) is 1.46. The molecule has 0 aromatic heterocycles. The van der Waals surface area contributed by atoms with Gasteiger partial charge in [-0.05, 0) is 37.6 Å². The van der Waals surface area contributed by atoms with Gasteiger partial charge in [-0.1, -0.05) is 13.3 Å². The molecular weight excluding hydrogens is 216 g/mol. The van der Waals surface area contributed by atoms with E-state index in [2.05, 4.69) is 12.2 Å². The Morgan fingerprint density at radius 2 is 2.24 bits per heavy atom. The van der Waals surface area contributed by atoms with E-state index in [1.54, 1.807) is 0 Å². The smallest absolute Gasteiger partial charge is 0.240 e. The highest BCUT2D eigenvalue weighted by molar-refractivity contribution is 5.82. The van der Waals surface area contributed by atoms with E-state index in [4.69, 9.17) is 5.11 Å². The van der Waals surface area contributed by atoms with Crippen LogP contribution in [0.2, 0.25) is 0 Å². The van der Waals surface area contributed by atoms with Gasteiger partial charge in [0.1, 0.15) is 0 Å². The van der Waals surface area contributed by atoms with Crippen molar-refractivity contribution in [2.75, 3.05) is 26.2 Å². The third kappa shape index (κ3) is 2.63. The minimum atomic E-state index is 0.0144. The molecule has 3 unspecified atom stereocenters. The number of nitrogens with zero attached hydrogens (tertiary/aromatic N) is 1. The quantitative estimate of drug-likeness (QED) is 0.740. The number of rotatable bonds is 5. The molecule has 1 saturated heterocycles. The number of hydrogen-bond acceptors (Lipinski definition) is 3. The van der Waals surface area contributed by atoms with Crippen LogP contribution in [0.15, 0.2) is 0 Å². The maximum Gasteiger partial charge on any atom is 0.240 e. The van der Waals surface area contributed by atoms with E-state index < -0.39 is 0 Å². The summed E-state index contributed by atoms with van der Waals surface area (Å²) in [7, 11) is 0. The molecule has 3 atom stereocenters. The maximum atomic E-state index is 12.4. The number of hydrogen-bond donors (Lipinski definition) is 2. The molecule has 98 valence electrons. The number of aliphatic hydroxyl groups is 1. The van der Waals surface area contributed by atoms with Crippen LogP contribution >= 0.6 is 0 Å². The second-order valence-electron chi connectivity index (χ2n) is 5.29. The highest BCUT2D eigenvalue weighted by atomic mass is 16.3. The predicted molar refractivity (Wildman–Crippen MR) is 66.6 cm³/mol. The minimum Gasteiger partial charge on any atom is -0.395 e. The van der Waals surface area contributed by atoms with Gasteiger partial charge in [-0.25, -0.2) is 0 Å². The summed E-state index contributed by atoms with van der Waals surface area (Å²) in [6.07, 6.45) is 4.68. The molecule has 4 heteroatoms. The number of amides is 1. The van der Waals surface area contributed by atoms with Crippen LogP contribution in [0.5, 0.6) is 0 Å². The fourth-order valence-corrected chi connectivity index (χ4v) is 3.38. The molecular formula is C13H24N2O2. The molecule has 1 aliphatic carbocycles. The third-order valence-corrected chi connectivity index (χ3v) is 4.19. The number of fused-ring (bicyclic) bond motifs is 1. The lowest BCUT2D eigenvalue weighted by atomic mass is 9.93. The second-order valence-corrected chi connectivity index (χ2v) is 5.29. The van der Waals surface area contributed by atoms with E-state index in [1.165, 1.54) is 19.3 Å². The van der Waals surface area contributed by atoms with Gasteiger partial charge in [0.2, 0.25) is 5.91 Å². The molecule has 4 nitrogen and oxygen atoms in total. The molecule has 1 saturated carbocycles. The van der Waals surface area contributed by atoms with Crippen LogP contribution < -0.4 is 5.32 Å². The van der Waals surface area contributed by atoms with Gasteiger partial charge in [0.25, 0.3) is 0 Å². The molecule has 1 aliphatic heterocycles. The maximum absolute atomic E-state index is 12.4. The average molecular weight is 240 g/mol. The Hall–Kier alpha value is -0.610. The van der Waals surface area contributed by atoms with Gasteiger partial charge in [0.15, 0.2) is 0 Å². The highest BCUT2D eigenvalue weighted by Gasteiger charge is 2.43. The molecule has 17 heavy (non-hydrogen) atoms. The van der Waals surface area contributed by atoms with E-state index in [0.29, 0.717) is 18.4 Å². The zero-order valence-corrected chi connectivity index (χ0v) is 10.7. The van der Waals surface area contributed by atoms with Gasteiger partial charge in [-0.2, -0.15) is 0 Å². The number of nitrogens with one attached hydrogen (secondary N) is 1. The lowest BCUT2D eigenvalue weighted by molar-refractivity contribution is -0.134. The summed E-state index contributed by atoms with van der Waals surface area (Å²) in [4.78, 5) is 14.2. The Labute approximate surface area is 103 Å². The number of carbonyl (C=O) groups is 1. The van der Waals surface area contributed by atoms with Gasteiger partial charge in [0.05, 0.1) is 12.6 Å². The zero-order chi connectivity index (χ0) is 12.3. The molecule has 0 radical (unpaired) electrons. The Bertz CT molecular complexity index is 264. The van der Waals surface area contributed by atoms with Crippen LogP contribution in [0.3, 0.4) is 0 Å². The lowest BCUT2D eigenvalue weighted by Crippen LogP contribution is -2.47. The van der Waals surface area contributed by atoms with Gasteiger partial charge < -0.3 is 15.3 Å². The summed E-state index contributed by atoms with van der Waals surface area (Å²) >= 11 is 0.